The van der Waals surface area contributed by atoms with E-state index >= 15 is 0 Å². The summed E-state index contributed by atoms with van der Waals surface area (Å²) >= 11 is 0. The van der Waals surface area contributed by atoms with Gasteiger partial charge in [0, 0.05) is 11.3 Å². The van der Waals surface area contributed by atoms with Crippen LogP contribution in [0.15, 0.2) is 24.3 Å². The van der Waals surface area contributed by atoms with Crippen molar-refractivity contribution in [1.29, 1.82) is 0 Å². The van der Waals surface area contributed by atoms with Gasteiger partial charge in [0.25, 0.3) is 0 Å². The number of amides is 3. The second-order valence-electron chi connectivity index (χ2n) is 5.58. The molecule has 0 aliphatic rings. The number of aromatic amines is 1. The van der Waals surface area contributed by atoms with Crippen LogP contribution in [0.25, 0.3) is 11.4 Å². The third-order valence-corrected chi connectivity index (χ3v) is 3.62. The second-order valence-corrected chi connectivity index (χ2v) is 5.58. The SMILES string of the molecule is CCCCC(NC(N)=O)C(=O)Nc1ccc(-c2n[nH]c(CN)n2)cc1. The molecule has 25 heavy (non-hydrogen) atoms. The van der Waals surface area contributed by atoms with E-state index in [2.05, 4.69) is 25.8 Å². The Bertz CT molecular complexity index is 712. The summed E-state index contributed by atoms with van der Waals surface area (Å²) in [4.78, 5) is 27.6. The smallest absolute Gasteiger partial charge is 0.312 e. The van der Waals surface area contributed by atoms with E-state index < -0.39 is 12.1 Å². The van der Waals surface area contributed by atoms with Gasteiger partial charge in [-0.1, -0.05) is 19.8 Å². The fraction of sp³-hybridized carbons (Fsp3) is 0.375. The highest BCUT2D eigenvalue weighted by Gasteiger charge is 2.19. The normalized spacial score (nSPS) is 11.8. The van der Waals surface area contributed by atoms with E-state index in [1.807, 2.05) is 6.92 Å². The lowest BCUT2D eigenvalue weighted by Gasteiger charge is -2.17. The molecular weight excluding hydrogens is 322 g/mol. The molecule has 1 aromatic carbocycles. The molecule has 2 rings (SSSR count). The van der Waals surface area contributed by atoms with Crippen molar-refractivity contribution in [1.82, 2.24) is 20.5 Å². The number of primary amides is 1. The Labute approximate surface area is 145 Å². The second kappa shape index (κ2) is 8.78. The van der Waals surface area contributed by atoms with Gasteiger partial charge in [0.05, 0.1) is 6.54 Å². The summed E-state index contributed by atoms with van der Waals surface area (Å²) in [5.41, 5.74) is 12.0. The minimum atomic E-state index is -0.716. The molecule has 0 saturated heterocycles. The van der Waals surface area contributed by atoms with E-state index in [0.717, 1.165) is 18.4 Å². The van der Waals surface area contributed by atoms with Crippen molar-refractivity contribution in [2.45, 2.75) is 38.8 Å². The molecule has 1 heterocycles. The third kappa shape index (κ3) is 5.28. The first-order valence-electron chi connectivity index (χ1n) is 8.12. The van der Waals surface area contributed by atoms with E-state index in [-0.39, 0.29) is 12.5 Å². The van der Waals surface area contributed by atoms with Gasteiger partial charge < -0.3 is 22.1 Å². The fourth-order valence-corrected chi connectivity index (χ4v) is 2.30. The van der Waals surface area contributed by atoms with Gasteiger partial charge in [-0.05, 0) is 30.7 Å². The average molecular weight is 345 g/mol. The third-order valence-electron chi connectivity index (χ3n) is 3.62. The van der Waals surface area contributed by atoms with Crippen molar-refractivity contribution in [3.8, 4) is 11.4 Å². The summed E-state index contributed by atoms with van der Waals surface area (Å²) in [6.07, 6.45) is 2.26. The zero-order valence-electron chi connectivity index (χ0n) is 14.1. The highest BCUT2D eigenvalue weighted by Crippen LogP contribution is 2.18. The summed E-state index contributed by atoms with van der Waals surface area (Å²) < 4.78 is 0. The van der Waals surface area contributed by atoms with Crippen LogP contribution in [0.1, 0.15) is 32.0 Å². The standard InChI is InChI=1S/C16H23N7O2/c1-2-3-4-12(20-16(18)25)15(24)19-11-7-5-10(6-8-11)14-21-13(9-17)22-23-14/h5-8,12H,2-4,9,17H2,1H3,(H,19,24)(H3,18,20,25)(H,21,22,23). The summed E-state index contributed by atoms with van der Waals surface area (Å²) in [7, 11) is 0. The number of urea groups is 1. The number of anilines is 1. The molecule has 0 aliphatic heterocycles. The Morgan fingerprint density at radius 1 is 1.28 bits per heavy atom. The quantitative estimate of drug-likeness (QED) is 0.485. The minimum Gasteiger partial charge on any atom is -0.352 e. The van der Waals surface area contributed by atoms with Gasteiger partial charge in [-0.25, -0.2) is 9.78 Å². The first-order chi connectivity index (χ1) is 12.0. The van der Waals surface area contributed by atoms with E-state index in [4.69, 9.17) is 11.5 Å². The monoisotopic (exact) mass is 345 g/mol. The van der Waals surface area contributed by atoms with Crippen LogP contribution in [0.3, 0.4) is 0 Å². The van der Waals surface area contributed by atoms with Crippen molar-refractivity contribution in [3.63, 3.8) is 0 Å². The predicted octanol–water partition coefficient (Wildman–Crippen LogP) is 1.10. The van der Waals surface area contributed by atoms with Gasteiger partial charge in [0.1, 0.15) is 11.9 Å². The number of H-pyrrole nitrogens is 1. The first kappa shape index (κ1) is 18.4. The molecule has 3 amide bonds. The molecule has 134 valence electrons. The average Bonchev–Trinajstić information content (AvgIpc) is 3.08. The Kier molecular flexibility index (Phi) is 6.47. The summed E-state index contributed by atoms with van der Waals surface area (Å²) in [6, 6.07) is 5.70. The summed E-state index contributed by atoms with van der Waals surface area (Å²) in [5, 5.41) is 12.1. The molecule has 2 aromatic rings. The summed E-state index contributed by atoms with van der Waals surface area (Å²) in [6.45, 7) is 2.30. The van der Waals surface area contributed by atoms with Gasteiger partial charge in [0.15, 0.2) is 5.82 Å². The van der Waals surface area contributed by atoms with Gasteiger partial charge >= 0.3 is 6.03 Å². The van der Waals surface area contributed by atoms with Gasteiger partial charge in [0.2, 0.25) is 5.91 Å². The van der Waals surface area contributed by atoms with Crippen LogP contribution in [0, 0.1) is 0 Å². The molecule has 9 heteroatoms. The number of hydrogen-bond acceptors (Lipinski definition) is 5. The molecule has 0 saturated carbocycles. The number of nitrogens with two attached hydrogens (primary N) is 2. The first-order valence-corrected chi connectivity index (χ1v) is 8.12. The van der Waals surface area contributed by atoms with E-state index in [1.54, 1.807) is 24.3 Å². The van der Waals surface area contributed by atoms with Crippen LogP contribution >= 0.6 is 0 Å². The van der Waals surface area contributed by atoms with Gasteiger partial charge in [-0.2, -0.15) is 5.10 Å². The van der Waals surface area contributed by atoms with Crippen LogP contribution < -0.4 is 22.1 Å². The van der Waals surface area contributed by atoms with Crippen molar-refractivity contribution < 1.29 is 9.59 Å². The molecule has 0 fully saturated rings. The highest BCUT2D eigenvalue weighted by molar-refractivity contribution is 5.96. The van der Waals surface area contributed by atoms with Crippen LogP contribution in [0.2, 0.25) is 0 Å². The number of carbonyl (C=O) groups excluding carboxylic acids is 2. The number of benzene rings is 1. The number of hydrogen-bond donors (Lipinski definition) is 5. The highest BCUT2D eigenvalue weighted by atomic mass is 16.2. The zero-order valence-corrected chi connectivity index (χ0v) is 14.1. The van der Waals surface area contributed by atoms with Crippen LogP contribution in [-0.2, 0) is 11.3 Å². The van der Waals surface area contributed by atoms with Crippen molar-refractivity contribution in [3.05, 3.63) is 30.1 Å². The largest absolute Gasteiger partial charge is 0.352 e. The lowest BCUT2D eigenvalue weighted by Crippen LogP contribution is -2.46. The summed E-state index contributed by atoms with van der Waals surface area (Å²) in [5.74, 6) is 0.835. The Hall–Kier alpha value is -2.94. The van der Waals surface area contributed by atoms with Crippen molar-refractivity contribution in [2.24, 2.45) is 11.5 Å². The number of rotatable bonds is 8. The Morgan fingerprint density at radius 2 is 2.00 bits per heavy atom. The Morgan fingerprint density at radius 3 is 2.56 bits per heavy atom. The van der Waals surface area contributed by atoms with E-state index in [9.17, 15) is 9.59 Å². The maximum absolute atomic E-state index is 12.3. The number of carbonyl (C=O) groups is 2. The molecule has 0 spiro atoms. The van der Waals surface area contributed by atoms with Crippen molar-refractivity contribution in [2.75, 3.05) is 5.32 Å². The maximum atomic E-state index is 12.3. The molecule has 1 aromatic heterocycles. The van der Waals surface area contributed by atoms with Crippen molar-refractivity contribution >= 4 is 17.6 Å². The minimum absolute atomic E-state index is 0.285. The van der Waals surface area contributed by atoms with Crippen LogP contribution in [-0.4, -0.2) is 33.2 Å². The number of aromatic nitrogens is 3. The van der Waals surface area contributed by atoms with E-state index in [0.29, 0.717) is 23.8 Å². The molecule has 1 atom stereocenters. The maximum Gasteiger partial charge on any atom is 0.312 e. The van der Waals surface area contributed by atoms with E-state index in [1.165, 1.54) is 0 Å². The number of unbranched alkanes of at least 4 members (excludes halogenated alkanes) is 1. The molecule has 7 N–H and O–H groups in total. The van der Waals surface area contributed by atoms with Crippen LogP contribution in [0.5, 0.6) is 0 Å². The number of nitrogens with one attached hydrogen (secondary N) is 3. The molecular formula is C16H23N7O2. The van der Waals surface area contributed by atoms with Gasteiger partial charge in [-0.3, -0.25) is 9.89 Å². The van der Waals surface area contributed by atoms with Gasteiger partial charge in [-0.15, -0.1) is 0 Å². The van der Waals surface area contributed by atoms with Crippen LogP contribution in [0.4, 0.5) is 10.5 Å². The molecule has 0 aliphatic carbocycles. The topological polar surface area (TPSA) is 152 Å². The predicted molar refractivity (Wildman–Crippen MR) is 94.4 cm³/mol. The molecule has 0 radical (unpaired) electrons. The molecule has 0 bridgehead atoms. The zero-order chi connectivity index (χ0) is 18.2. The molecule has 1 unspecified atom stereocenters. The lowest BCUT2D eigenvalue weighted by atomic mass is 10.1. The fourth-order valence-electron chi connectivity index (χ4n) is 2.30. The number of nitrogens with zero attached hydrogens (tertiary/aromatic N) is 2. The lowest BCUT2D eigenvalue weighted by molar-refractivity contribution is -0.118. The Balaban J connectivity index is 2.03. The molecule has 9 nitrogen and oxygen atoms in total.